The zero-order valence-electron chi connectivity index (χ0n) is 12.1. The van der Waals surface area contributed by atoms with Crippen LogP contribution in [0.15, 0.2) is 24.3 Å². The summed E-state index contributed by atoms with van der Waals surface area (Å²) in [4.78, 5) is 0. The van der Waals surface area contributed by atoms with Crippen molar-refractivity contribution in [3.05, 3.63) is 34.9 Å². The molecule has 0 spiro atoms. The second-order valence-corrected chi connectivity index (χ2v) is 6.59. The van der Waals surface area contributed by atoms with Crippen LogP contribution in [0.3, 0.4) is 0 Å². The van der Waals surface area contributed by atoms with Gasteiger partial charge in [0.05, 0.1) is 0 Å². The van der Waals surface area contributed by atoms with Crippen molar-refractivity contribution in [3.8, 4) is 0 Å². The molecular formula is C16H26ClN. The summed E-state index contributed by atoms with van der Waals surface area (Å²) in [5.41, 5.74) is 1.74. The normalized spacial score (nSPS) is 13.6. The first kappa shape index (κ1) is 15.5. The zero-order valence-corrected chi connectivity index (χ0v) is 12.8. The van der Waals surface area contributed by atoms with Crippen molar-refractivity contribution in [1.82, 2.24) is 5.32 Å². The van der Waals surface area contributed by atoms with Gasteiger partial charge in [0.1, 0.15) is 0 Å². The molecule has 0 heterocycles. The number of rotatable bonds is 6. The van der Waals surface area contributed by atoms with Crippen LogP contribution in [-0.2, 0) is 0 Å². The topological polar surface area (TPSA) is 12.0 Å². The zero-order chi connectivity index (χ0) is 13.6. The average molecular weight is 268 g/mol. The van der Waals surface area contributed by atoms with Gasteiger partial charge in [0, 0.05) is 11.1 Å². The van der Waals surface area contributed by atoms with Crippen molar-refractivity contribution in [2.45, 2.75) is 53.0 Å². The van der Waals surface area contributed by atoms with Crippen LogP contribution in [0.4, 0.5) is 0 Å². The summed E-state index contributed by atoms with van der Waals surface area (Å²) in [6, 6.07) is 8.67. The molecule has 2 heteroatoms. The Kier molecular flexibility index (Phi) is 6.17. The summed E-state index contributed by atoms with van der Waals surface area (Å²) in [5, 5.41) is 4.48. The van der Waals surface area contributed by atoms with Crippen molar-refractivity contribution < 1.29 is 0 Å². The van der Waals surface area contributed by atoms with E-state index in [4.69, 9.17) is 11.6 Å². The molecule has 0 bridgehead atoms. The molecule has 0 saturated carbocycles. The molecule has 18 heavy (non-hydrogen) atoms. The lowest BCUT2D eigenvalue weighted by molar-refractivity contribution is 0.350. The smallest absolute Gasteiger partial charge is 0.0406 e. The Morgan fingerprint density at radius 3 is 2.28 bits per heavy atom. The van der Waals surface area contributed by atoms with E-state index >= 15 is 0 Å². The Bertz CT molecular complexity index is 337. The van der Waals surface area contributed by atoms with E-state index in [0.717, 1.165) is 11.6 Å². The largest absolute Gasteiger partial charge is 0.310 e. The highest BCUT2D eigenvalue weighted by Crippen LogP contribution is 2.22. The highest BCUT2D eigenvalue weighted by molar-refractivity contribution is 6.30. The van der Waals surface area contributed by atoms with Crippen LogP contribution in [0.1, 0.15) is 58.6 Å². The van der Waals surface area contributed by atoms with E-state index in [1.807, 2.05) is 12.1 Å². The maximum atomic E-state index is 5.94. The summed E-state index contributed by atoms with van der Waals surface area (Å²) in [6.45, 7) is 10.1. The third kappa shape index (κ3) is 5.88. The fourth-order valence-corrected chi connectivity index (χ4v) is 2.12. The molecule has 0 amide bonds. The standard InChI is InChI=1S/C16H26ClN/c1-5-6-15(18-12-11-16(2,3)4)13-7-9-14(17)10-8-13/h7-10,15,18H,5-6,11-12H2,1-4H3. The Hall–Kier alpha value is -0.530. The highest BCUT2D eigenvalue weighted by Gasteiger charge is 2.13. The van der Waals surface area contributed by atoms with Crippen molar-refractivity contribution in [2.75, 3.05) is 6.54 Å². The van der Waals surface area contributed by atoms with E-state index < -0.39 is 0 Å². The van der Waals surface area contributed by atoms with E-state index in [9.17, 15) is 0 Å². The third-order valence-corrected chi connectivity index (χ3v) is 3.37. The van der Waals surface area contributed by atoms with E-state index in [-0.39, 0.29) is 0 Å². The predicted octanol–water partition coefficient (Wildman–Crippen LogP) is 5.21. The molecule has 1 rings (SSSR count). The van der Waals surface area contributed by atoms with Gasteiger partial charge in [-0.25, -0.2) is 0 Å². The molecule has 1 aromatic carbocycles. The van der Waals surface area contributed by atoms with E-state index in [2.05, 4.69) is 45.1 Å². The Morgan fingerprint density at radius 2 is 1.78 bits per heavy atom. The molecule has 0 radical (unpaired) electrons. The summed E-state index contributed by atoms with van der Waals surface area (Å²) in [5.74, 6) is 0. The summed E-state index contributed by atoms with van der Waals surface area (Å²) >= 11 is 5.94. The fourth-order valence-electron chi connectivity index (χ4n) is 1.99. The van der Waals surface area contributed by atoms with Gasteiger partial charge >= 0.3 is 0 Å². The van der Waals surface area contributed by atoms with Crippen molar-refractivity contribution >= 4 is 11.6 Å². The van der Waals surface area contributed by atoms with Gasteiger partial charge in [-0.3, -0.25) is 0 Å². The van der Waals surface area contributed by atoms with Gasteiger partial charge in [0.15, 0.2) is 0 Å². The minimum atomic E-state index is 0.393. The summed E-state index contributed by atoms with van der Waals surface area (Å²) in [7, 11) is 0. The van der Waals surface area contributed by atoms with Gasteiger partial charge in [0.25, 0.3) is 0 Å². The maximum absolute atomic E-state index is 5.94. The Labute approximate surface area is 117 Å². The van der Waals surface area contributed by atoms with Crippen LogP contribution < -0.4 is 5.32 Å². The highest BCUT2D eigenvalue weighted by atomic mass is 35.5. The lowest BCUT2D eigenvalue weighted by Crippen LogP contribution is -2.25. The molecule has 0 saturated heterocycles. The van der Waals surface area contributed by atoms with Crippen LogP contribution in [0.2, 0.25) is 5.02 Å². The molecule has 1 atom stereocenters. The van der Waals surface area contributed by atoms with Gasteiger partial charge < -0.3 is 5.32 Å². The molecular weight excluding hydrogens is 242 g/mol. The number of hydrogen-bond donors (Lipinski definition) is 1. The van der Waals surface area contributed by atoms with Crippen LogP contribution in [0, 0.1) is 5.41 Å². The van der Waals surface area contributed by atoms with Gasteiger partial charge in [-0.2, -0.15) is 0 Å². The van der Waals surface area contributed by atoms with E-state index in [1.54, 1.807) is 0 Å². The quantitative estimate of drug-likeness (QED) is 0.746. The number of nitrogens with one attached hydrogen (secondary N) is 1. The maximum Gasteiger partial charge on any atom is 0.0406 e. The van der Waals surface area contributed by atoms with E-state index in [0.29, 0.717) is 11.5 Å². The first-order valence-corrected chi connectivity index (χ1v) is 7.29. The number of hydrogen-bond acceptors (Lipinski definition) is 1. The average Bonchev–Trinajstić information content (AvgIpc) is 2.27. The molecule has 1 N–H and O–H groups in total. The lowest BCUT2D eigenvalue weighted by Gasteiger charge is -2.23. The second-order valence-electron chi connectivity index (χ2n) is 6.16. The Balaban J connectivity index is 2.57. The molecule has 1 nitrogen and oxygen atoms in total. The molecule has 0 fully saturated rings. The minimum absolute atomic E-state index is 0.393. The van der Waals surface area contributed by atoms with Crippen molar-refractivity contribution in [2.24, 2.45) is 5.41 Å². The van der Waals surface area contributed by atoms with Gasteiger partial charge in [0.2, 0.25) is 0 Å². The lowest BCUT2D eigenvalue weighted by atomic mass is 9.92. The molecule has 1 aromatic rings. The second kappa shape index (κ2) is 7.16. The Morgan fingerprint density at radius 1 is 1.17 bits per heavy atom. The van der Waals surface area contributed by atoms with Crippen LogP contribution in [0.5, 0.6) is 0 Å². The summed E-state index contributed by atoms with van der Waals surface area (Å²) < 4.78 is 0. The predicted molar refractivity (Wildman–Crippen MR) is 81.2 cm³/mol. The molecule has 0 aromatic heterocycles. The first-order chi connectivity index (χ1) is 8.42. The minimum Gasteiger partial charge on any atom is -0.310 e. The van der Waals surface area contributed by atoms with Gasteiger partial charge in [-0.1, -0.05) is 57.8 Å². The molecule has 102 valence electrons. The molecule has 0 aliphatic carbocycles. The van der Waals surface area contributed by atoms with E-state index in [1.165, 1.54) is 24.8 Å². The summed E-state index contributed by atoms with van der Waals surface area (Å²) in [6.07, 6.45) is 3.56. The fraction of sp³-hybridized carbons (Fsp3) is 0.625. The van der Waals surface area contributed by atoms with Crippen LogP contribution in [-0.4, -0.2) is 6.54 Å². The number of benzene rings is 1. The first-order valence-electron chi connectivity index (χ1n) is 6.91. The SMILES string of the molecule is CCCC(NCCC(C)(C)C)c1ccc(Cl)cc1. The van der Waals surface area contributed by atoms with Crippen molar-refractivity contribution in [1.29, 1.82) is 0 Å². The van der Waals surface area contributed by atoms with Crippen molar-refractivity contribution in [3.63, 3.8) is 0 Å². The van der Waals surface area contributed by atoms with Crippen LogP contribution in [0.25, 0.3) is 0 Å². The number of halogens is 1. The van der Waals surface area contributed by atoms with Gasteiger partial charge in [-0.05, 0) is 42.5 Å². The monoisotopic (exact) mass is 267 g/mol. The van der Waals surface area contributed by atoms with Gasteiger partial charge in [-0.15, -0.1) is 0 Å². The molecule has 0 aliphatic rings. The van der Waals surface area contributed by atoms with Crippen LogP contribution >= 0.6 is 11.6 Å². The molecule has 0 aliphatic heterocycles. The molecule has 1 unspecified atom stereocenters. The third-order valence-electron chi connectivity index (χ3n) is 3.12.